The van der Waals surface area contributed by atoms with E-state index >= 15 is 0 Å². The van der Waals surface area contributed by atoms with E-state index in [1.54, 1.807) is 91.8 Å². The van der Waals surface area contributed by atoms with Gasteiger partial charge in [0.15, 0.2) is 0 Å². The highest BCUT2D eigenvalue weighted by Crippen LogP contribution is 2.44. The normalized spacial score (nSPS) is 14.1. The van der Waals surface area contributed by atoms with Gasteiger partial charge in [-0.25, -0.2) is 34.7 Å². The Morgan fingerprint density at radius 3 is 0.956 bits per heavy atom. The fraction of sp³-hybridized carbons (Fsp3) is 0.455. The number of benzene rings is 3. The van der Waals surface area contributed by atoms with Crippen molar-refractivity contribution in [2.24, 2.45) is 0 Å². The Balaban J connectivity index is 2.22. The van der Waals surface area contributed by atoms with Crippen molar-refractivity contribution in [3.63, 3.8) is 0 Å². The Morgan fingerprint density at radius 1 is 0.444 bits per heavy atom. The standard InChI is InChI=1S/C33H47N3O6S3/c1-24-12-18-27(19-13-24)43(37,38)34-30(4,5)32(8,9)36(45(41,42)29-22-16-26(3)17-23-29)33(10,11)31(6,7)35-44(39,40)28-20-14-25(2)15-21-28/h12-23,34-35H,1-11H3. The molecular weight excluding hydrogens is 631 g/mol. The zero-order valence-electron chi connectivity index (χ0n) is 28.0. The molecule has 0 saturated heterocycles. The summed E-state index contributed by atoms with van der Waals surface area (Å²) in [5.74, 6) is 0. The lowest BCUT2D eigenvalue weighted by atomic mass is 9.76. The van der Waals surface area contributed by atoms with E-state index in [-0.39, 0.29) is 14.7 Å². The zero-order chi connectivity index (χ0) is 34.4. The highest BCUT2D eigenvalue weighted by molar-refractivity contribution is 7.90. The van der Waals surface area contributed by atoms with Crippen LogP contribution < -0.4 is 9.44 Å². The largest absolute Gasteiger partial charge is 0.244 e. The molecule has 3 aromatic rings. The summed E-state index contributed by atoms with van der Waals surface area (Å²) in [5.41, 5.74) is -3.16. The minimum Gasteiger partial charge on any atom is -0.207 e. The van der Waals surface area contributed by atoms with Gasteiger partial charge in [0.1, 0.15) is 0 Å². The van der Waals surface area contributed by atoms with Gasteiger partial charge in [-0.15, -0.1) is 0 Å². The molecule has 3 rings (SSSR count). The summed E-state index contributed by atoms with van der Waals surface area (Å²) in [4.78, 5) is 0.0642. The lowest BCUT2D eigenvalue weighted by Gasteiger charge is -2.58. The van der Waals surface area contributed by atoms with Crippen LogP contribution in [-0.4, -0.2) is 51.7 Å². The van der Waals surface area contributed by atoms with Crippen LogP contribution in [0.4, 0.5) is 0 Å². The van der Waals surface area contributed by atoms with Crippen LogP contribution >= 0.6 is 0 Å². The number of hydrogen-bond acceptors (Lipinski definition) is 6. The summed E-state index contributed by atoms with van der Waals surface area (Å²) in [5, 5.41) is 0. The average Bonchev–Trinajstić information content (AvgIpc) is 2.87. The molecule has 2 N–H and O–H groups in total. The third kappa shape index (κ3) is 7.36. The Kier molecular flexibility index (Phi) is 9.99. The first-order valence-electron chi connectivity index (χ1n) is 14.6. The average molecular weight is 678 g/mol. The van der Waals surface area contributed by atoms with Crippen LogP contribution in [0.2, 0.25) is 0 Å². The van der Waals surface area contributed by atoms with E-state index in [2.05, 4.69) is 9.44 Å². The summed E-state index contributed by atoms with van der Waals surface area (Å²) in [6, 6.07) is 19.1. The minimum absolute atomic E-state index is 0.0105. The van der Waals surface area contributed by atoms with E-state index in [9.17, 15) is 25.3 Å². The molecule has 0 radical (unpaired) electrons. The molecule has 0 aliphatic carbocycles. The molecular formula is C33H47N3O6S3. The number of sulfonamides is 3. The summed E-state index contributed by atoms with van der Waals surface area (Å²) in [6.07, 6.45) is 0. The number of rotatable bonds is 12. The third-order valence-electron chi connectivity index (χ3n) is 9.08. The molecule has 0 spiro atoms. The fourth-order valence-corrected chi connectivity index (χ4v) is 10.5. The lowest BCUT2D eigenvalue weighted by Crippen LogP contribution is -2.76. The van der Waals surface area contributed by atoms with Crippen molar-refractivity contribution in [1.29, 1.82) is 0 Å². The Hall–Kier alpha value is -2.61. The summed E-state index contributed by atoms with van der Waals surface area (Å²) >= 11 is 0. The van der Waals surface area contributed by atoms with Crippen molar-refractivity contribution < 1.29 is 25.3 Å². The summed E-state index contributed by atoms with van der Waals surface area (Å²) in [6.45, 7) is 18.6. The van der Waals surface area contributed by atoms with Crippen molar-refractivity contribution in [2.45, 2.75) is 113 Å². The van der Waals surface area contributed by atoms with Crippen molar-refractivity contribution in [3.8, 4) is 0 Å². The van der Waals surface area contributed by atoms with Gasteiger partial charge in [0.25, 0.3) is 0 Å². The maximum absolute atomic E-state index is 14.7. The predicted octanol–water partition coefficient (Wildman–Crippen LogP) is 5.67. The summed E-state index contributed by atoms with van der Waals surface area (Å²) < 4.78 is 90.8. The molecule has 9 nitrogen and oxygen atoms in total. The Morgan fingerprint density at radius 2 is 0.689 bits per heavy atom. The smallest absolute Gasteiger partial charge is 0.207 e. The molecule has 45 heavy (non-hydrogen) atoms. The van der Waals surface area contributed by atoms with Gasteiger partial charge in [0.2, 0.25) is 30.1 Å². The Labute approximate surface area is 270 Å². The number of hydrogen-bond donors (Lipinski definition) is 2. The van der Waals surface area contributed by atoms with Gasteiger partial charge >= 0.3 is 0 Å². The maximum Gasteiger partial charge on any atom is 0.244 e. The van der Waals surface area contributed by atoms with Crippen molar-refractivity contribution in [1.82, 2.24) is 13.7 Å². The SMILES string of the molecule is Cc1ccc(S(=O)(=O)NC(C)(C)C(C)(C)N(C(C)(C)C(C)(C)NS(=O)(=O)c2ccc(C)cc2)S(=O)(=O)c2ccc(C)cc2)cc1. The van der Waals surface area contributed by atoms with Crippen LogP contribution in [0.3, 0.4) is 0 Å². The second-order valence-corrected chi connectivity index (χ2v) is 18.9. The van der Waals surface area contributed by atoms with Gasteiger partial charge in [-0.1, -0.05) is 53.1 Å². The first-order valence-corrected chi connectivity index (χ1v) is 19.0. The van der Waals surface area contributed by atoms with Crippen LogP contribution in [-0.2, 0) is 30.1 Å². The number of nitrogens with zero attached hydrogens (tertiary/aromatic N) is 1. The molecule has 0 heterocycles. The monoisotopic (exact) mass is 677 g/mol. The molecule has 0 bridgehead atoms. The van der Waals surface area contributed by atoms with E-state index in [1.807, 2.05) is 20.8 Å². The molecule has 0 aromatic heterocycles. The zero-order valence-corrected chi connectivity index (χ0v) is 30.5. The van der Waals surface area contributed by atoms with E-state index in [1.165, 1.54) is 40.7 Å². The topological polar surface area (TPSA) is 130 Å². The second-order valence-electron chi connectivity index (χ2n) is 13.8. The van der Waals surface area contributed by atoms with Crippen molar-refractivity contribution in [2.75, 3.05) is 0 Å². The van der Waals surface area contributed by atoms with Crippen molar-refractivity contribution >= 4 is 30.1 Å². The first-order chi connectivity index (χ1) is 20.3. The third-order valence-corrected chi connectivity index (χ3v) is 14.7. The quantitative estimate of drug-likeness (QED) is 0.254. The molecule has 0 unspecified atom stereocenters. The minimum atomic E-state index is -4.39. The van der Waals surface area contributed by atoms with E-state index in [4.69, 9.17) is 0 Å². The molecule has 0 saturated carbocycles. The van der Waals surface area contributed by atoms with Gasteiger partial charge in [-0.3, -0.25) is 0 Å². The summed E-state index contributed by atoms with van der Waals surface area (Å²) in [7, 11) is -12.6. The molecule has 248 valence electrons. The molecule has 3 aromatic carbocycles. The van der Waals surface area contributed by atoms with E-state index in [0.717, 1.165) is 16.7 Å². The van der Waals surface area contributed by atoms with Gasteiger partial charge in [-0.05, 0) is 113 Å². The molecule has 0 amide bonds. The maximum atomic E-state index is 14.7. The first kappa shape index (κ1) is 36.9. The van der Waals surface area contributed by atoms with E-state index in [0.29, 0.717) is 0 Å². The van der Waals surface area contributed by atoms with E-state index < -0.39 is 52.2 Å². The lowest BCUT2D eigenvalue weighted by molar-refractivity contribution is 0.0116. The van der Waals surface area contributed by atoms with Crippen molar-refractivity contribution in [3.05, 3.63) is 89.5 Å². The van der Waals surface area contributed by atoms with Crippen LogP contribution in [0.25, 0.3) is 0 Å². The van der Waals surface area contributed by atoms with Gasteiger partial charge in [-0.2, -0.15) is 4.31 Å². The van der Waals surface area contributed by atoms with Gasteiger partial charge in [0.05, 0.1) is 14.7 Å². The molecule has 0 fully saturated rings. The van der Waals surface area contributed by atoms with Gasteiger partial charge in [0, 0.05) is 22.2 Å². The highest BCUT2D eigenvalue weighted by Gasteiger charge is 2.59. The molecule has 0 atom stereocenters. The fourth-order valence-electron chi connectivity index (χ4n) is 5.10. The number of nitrogens with one attached hydrogen (secondary N) is 2. The molecule has 0 aliphatic heterocycles. The van der Waals surface area contributed by atoms with Crippen LogP contribution in [0.15, 0.2) is 87.5 Å². The van der Waals surface area contributed by atoms with Crippen LogP contribution in [0, 0.1) is 20.8 Å². The van der Waals surface area contributed by atoms with Gasteiger partial charge < -0.3 is 0 Å². The van der Waals surface area contributed by atoms with Crippen LogP contribution in [0.1, 0.15) is 72.1 Å². The Bertz CT molecular complexity index is 1740. The number of aryl methyl sites for hydroxylation is 3. The molecule has 0 aliphatic rings. The van der Waals surface area contributed by atoms with Crippen LogP contribution in [0.5, 0.6) is 0 Å². The second kappa shape index (κ2) is 12.2. The highest BCUT2D eigenvalue weighted by atomic mass is 32.2. The molecule has 12 heteroatoms. The predicted molar refractivity (Wildman–Crippen MR) is 180 cm³/mol.